The number of hydrogen-bond donors (Lipinski definition) is 1. The van der Waals surface area contributed by atoms with Crippen LogP contribution >= 0.6 is 11.6 Å². The van der Waals surface area contributed by atoms with Crippen LogP contribution in [-0.4, -0.2) is 36.2 Å². The number of ether oxygens (including phenoxy) is 2. The van der Waals surface area contributed by atoms with Crippen molar-refractivity contribution in [2.75, 3.05) is 20.3 Å². The summed E-state index contributed by atoms with van der Waals surface area (Å²) >= 11 is 6.08. The molecule has 0 bridgehead atoms. The van der Waals surface area contributed by atoms with Crippen LogP contribution in [0.2, 0.25) is 5.02 Å². The number of phenols is 1. The first-order valence-corrected chi connectivity index (χ1v) is 9.03. The summed E-state index contributed by atoms with van der Waals surface area (Å²) in [4.78, 5) is 14.9. The Morgan fingerprint density at radius 3 is 2.88 bits per heavy atom. The molecule has 26 heavy (non-hydrogen) atoms. The van der Waals surface area contributed by atoms with Crippen molar-refractivity contribution >= 4 is 17.5 Å². The second-order valence-electron chi connectivity index (χ2n) is 6.17. The van der Waals surface area contributed by atoms with Gasteiger partial charge in [-0.25, -0.2) is 0 Å². The summed E-state index contributed by atoms with van der Waals surface area (Å²) in [7, 11) is 1.63. The van der Waals surface area contributed by atoms with Crippen molar-refractivity contribution in [2.45, 2.75) is 25.8 Å². The lowest BCUT2D eigenvalue weighted by molar-refractivity contribution is 0.0735. The van der Waals surface area contributed by atoms with Crippen molar-refractivity contribution in [3.8, 4) is 17.2 Å². The van der Waals surface area contributed by atoms with Crippen molar-refractivity contribution in [3.63, 3.8) is 0 Å². The molecule has 1 unspecified atom stereocenters. The number of hydrogen-bond acceptors (Lipinski definition) is 4. The minimum absolute atomic E-state index is 0.0132. The van der Waals surface area contributed by atoms with Gasteiger partial charge in [-0.2, -0.15) is 0 Å². The lowest BCUT2D eigenvalue weighted by atomic mass is 10.0. The molecule has 0 spiro atoms. The van der Waals surface area contributed by atoms with Gasteiger partial charge in [-0.15, -0.1) is 0 Å². The lowest BCUT2D eigenvalue weighted by Gasteiger charge is -2.26. The number of amides is 1. The van der Waals surface area contributed by atoms with Gasteiger partial charge in [-0.3, -0.25) is 4.79 Å². The number of halogens is 1. The summed E-state index contributed by atoms with van der Waals surface area (Å²) in [6, 6.07) is 10.8. The van der Waals surface area contributed by atoms with Gasteiger partial charge in [0.25, 0.3) is 5.91 Å². The largest absolute Gasteiger partial charge is 0.503 e. The molecule has 0 aromatic heterocycles. The van der Waals surface area contributed by atoms with E-state index in [0.29, 0.717) is 18.7 Å². The molecule has 0 radical (unpaired) electrons. The molecule has 1 aliphatic heterocycles. The zero-order valence-electron chi connectivity index (χ0n) is 14.9. The second kappa shape index (κ2) is 7.87. The lowest BCUT2D eigenvalue weighted by Crippen LogP contribution is -2.30. The van der Waals surface area contributed by atoms with Crippen LogP contribution in [0, 0.1) is 0 Å². The standard InChI is InChI=1S/C20H22ClNO4/c1-3-26-18-12-14(11-16(21)19(18)23)20(24)22-9-5-8-17(22)13-6-4-7-15(10-13)25-2/h4,6-7,10-12,17,23H,3,5,8-9H2,1-2H3. The molecule has 3 rings (SSSR count). The molecule has 1 fully saturated rings. The van der Waals surface area contributed by atoms with Crippen molar-refractivity contribution < 1.29 is 19.4 Å². The van der Waals surface area contributed by atoms with Gasteiger partial charge in [0.1, 0.15) is 5.75 Å². The van der Waals surface area contributed by atoms with Crippen molar-refractivity contribution in [3.05, 3.63) is 52.5 Å². The van der Waals surface area contributed by atoms with Gasteiger partial charge in [-0.05, 0) is 49.6 Å². The third-order valence-electron chi connectivity index (χ3n) is 4.57. The topological polar surface area (TPSA) is 59.0 Å². The minimum Gasteiger partial charge on any atom is -0.503 e. The van der Waals surface area contributed by atoms with Gasteiger partial charge >= 0.3 is 0 Å². The monoisotopic (exact) mass is 375 g/mol. The molecule has 0 saturated carbocycles. The molecule has 1 N–H and O–H groups in total. The van der Waals surface area contributed by atoms with Gasteiger partial charge in [-0.1, -0.05) is 23.7 Å². The van der Waals surface area contributed by atoms with E-state index in [2.05, 4.69) is 0 Å². The third-order valence-corrected chi connectivity index (χ3v) is 4.86. The molecule has 5 nitrogen and oxygen atoms in total. The van der Waals surface area contributed by atoms with Crippen LogP contribution in [0.1, 0.15) is 41.7 Å². The fraction of sp³-hybridized carbons (Fsp3) is 0.350. The Morgan fingerprint density at radius 1 is 1.35 bits per heavy atom. The maximum atomic E-state index is 13.1. The van der Waals surface area contributed by atoms with Crippen molar-refractivity contribution in [2.24, 2.45) is 0 Å². The summed E-state index contributed by atoms with van der Waals surface area (Å²) in [5, 5.41) is 10.1. The van der Waals surface area contributed by atoms with E-state index in [1.54, 1.807) is 20.1 Å². The van der Waals surface area contributed by atoms with E-state index in [1.807, 2.05) is 29.2 Å². The normalized spacial score (nSPS) is 16.6. The molecule has 1 heterocycles. The maximum absolute atomic E-state index is 13.1. The van der Waals surface area contributed by atoms with E-state index in [4.69, 9.17) is 21.1 Å². The molecule has 138 valence electrons. The van der Waals surface area contributed by atoms with E-state index < -0.39 is 0 Å². The van der Waals surface area contributed by atoms with Gasteiger partial charge in [0, 0.05) is 12.1 Å². The summed E-state index contributed by atoms with van der Waals surface area (Å²) in [6.45, 7) is 2.85. The fourth-order valence-electron chi connectivity index (χ4n) is 3.33. The van der Waals surface area contributed by atoms with Gasteiger partial charge < -0.3 is 19.5 Å². The van der Waals surface area contributed by atoms with Crippen LogP contribution in [0.15, 0.2) is 36.4 Å². The molecule has 6 heteroatoms. The first-order chi connectivity index (χ1) is 12.5. The predicted molar refractivity (Wildman–Crippen MR) is 100 cm³/mol. The number of rotatable bonds is 5. The van der Waals surface area contributed by atoms with E-state index >= 15 is 0 Å². The average Bonchev–Trinajstić information content (AvgIpc) is 3.14. The molecule has 1 aliphatic rings. The SMILES string of the molecule is CCOc1cc(C(=O)N2CCCC2c2cccc(OC)c2)cc(Cl)c1O. The minimum atomic E-state index is -0.143. The quantitative estimate of drug-likeness (QED) is 0.839. The zero-order chi connectivity index (χ0) is 18.7. The predicted octanol–water partition coefficient (Wildman–Crippen LogP) is 4.43. The van der Waals surface area contributed by atoms with Gasteiger partial charge in [0.15, 0.2) is 11.5 Å². The number of likely N-dealkylation sites (tertiary alicyclic amines) is 1. The van der Waals surface area contributed by atoms with Crippen LogP contribution < -0.4 is 9.47 Å². The molecule has 2 aromatic rings. The van der Waals surface area contributed by atoms with Crippen LogP contribution in [0.25, 0.3) is 0 Å². The summed E-state index contributed by atoms with van der Waals surface area (Å²) in [5.41, 5.74) is 1.45. The molecular formula is C20H22ClNO4. The van der Waals surface area contributed by atoms with E-state index in [0.717, 1.165) is 24.2 Å². The van der Waals surface area contributed by atoms with Gasteiger partial charge in [0.2, 0.25) is 0 Å². The second-order valence-corrected chi connectivity index (χ2v) is 6.58. The van der Waals surface area contributed by atoms with E-state index in [1.165, 1.54) is 6.07 Å². The Morgan fingerprint density at radius 2 is 2.15 bits per heavy atom. The number of carbonyl (C=O) groups excluding carboxylic acids is 1. The molecule has 2 aromatic carbocycles. The Balaban J connectivity index is 1.91. The summed E-state index contributed by atoms with van der Waals surface area (Å²) < 4.78 is 10.7. The van der Waals surface area contributed by atoms with Crippen LogP contribution in [-0.2, 0) is 0 Å². The van der Waals surface area contributed by atoms with Crippen LogP contribution in [0.5, 0.6) is 17.2 Å². The Kier molecular flexibility index (Phi) is 5.57. The molecule has 1 amide bonds. The smallest absolute Gasteiger partial charge is 0.254 e. The van der Waals surface area contributed by atoms with Crippen molar-refractivity contribution in [1.82, 2.24) is 4.90 Å². The highest BCUT2D eigenvalue weighted by Crippen LogP contribution is 2.38. The molecule has 1 atom stereocenters. The number of carbonyl (C=O) groups is 1. The highest BCUT2D eigenvalue weighted by Gasteiger charge is 2.31. The Bertz CT molecular complexity index is 808. The van der Waals surface area contributed by atoms with Crippen LogP contribution in [0.3, 0.4) is 0 Å². The summed E-state index contributed by atoms with van der Waals surface area (Å²) in [5.74, 6) is 0.725. The number of benzene rings is 2. The first-order valence-electron chi connectivity index (χ1n) is 8.65. The average molecular weight is 376 g/mol. The fourth-order valence-corrected chi connectivity index (χ4v) is 3.54. The molecule has 1 saturated heterocycles. The number of aromatic hydroxyl groups is 1. The number of nitrogens with zero attached hydrogens (tertiary/aromatic N) is 1. The Labute approximate surface area is 158 Å². The highest BCUT2D eigenvalue weighted by molar-refractivity contribution is 6.32. The molecule has 0 aliphatic carbocycles. The van der Waals surface area contributed by atoms with Crippen molar-refractivity contribution in [1.29, 1.82) is 0 Å². The molecular weight excluding hydrogens is 354 g/mol. The number of methoxy groups -OCH3 is 1. The van der Waals surface area contributed by atoms with E-state index in [-0.39, 0.29) is 28.5 Å². The van der Waals surface area contributed by atoms with Gasteiger partial charge in [0.05, 0.1) is 24.8 Å². The number of phenolic OH excluding ortho intramolecular Hbond substituents is 1. The highest BCUT2D eigenvalue weighted by atomic mass is 35.5. The maximum Gasteiger partial charge on any atom is 0.254 e. The third kappa shape index (κ3) is 3.58. The first kappa shape index (κ1) is 18.4. The Hall–Kier alpha value is -2.40. The van der Waals surface area contributed by atoms with Crippen LogP contribution in [0.4, 0.5) is 0 Å². The van der Waals surface area contributed by atoms with E-state index in [9.17, 15) is 9.90 Å². The zero-order valence-corrected chi connectivity index (χ0v) is 15.6. The summed E-state index contributed by atoms with van der Waals surface area (Å²) in [6.07, 6.45) is 1.82.